The van der Waals surface area contributed by atoms with Gasteiger partial charge in [0.1, 0.15) is 5.75 Å². The molecular weight excluding hydrogens is 440 g/mol. The first kappa shape index (κ1) is 22.0. The van der Waals surface area contributed by atoms with Gasteiger partial charge in [-0.3, -0.25) is 19.3 Å². The Bertz CT molecular complexity index is 1290. The van der Waals surface area contributed by atoms with Gasteiger partial charge in [-0.15, -0.1) is 0 Å². The fourth-order valence-electron chi connectivity index (χ4n) is 3.46. The van der Waals surface area contributed by atoms with Crippen molar-refractivity contribution in [1.29, 1.82) is 5.26 Å². The lowest BCUT2D eigenvalue weighted by atomic mass is 10.0. The number of rotatable bonds is 6. The highest BCUT2D eigenvalue weighted by Gasteiger charge is 2.35. The van der Waals surface area contributed by atoms with Crippen molar-refractivity contribution >= 4 is 41.0 Å². The summed E-state index contributed by atoms with van der Waals surface area (Å²) in [6.07, 6.45) is 1.58. The number of nitrogens with zero attached hydrogens (tertiary/aromatic N) is 2. The highest BCUT2D eigenvalue weighted by atomic mass is 35.5. The summed E-state index contributed by atoms with van der Waals surface area (Å²) >= 11 is 6.00. The number of hydrogen-bond donors (Lipinski definition) is 0. The second-order valence-electron chi connectivity index (χ2n) is 7.28. The van der Waals surface area contributed by atoms with Crippen LogP contribution in [0.3, 0.4) is 0 Å². The van der Waals surface area contributed by atoms with Crippen LogP contribution < -0.4 is 4.74 Å². The molecule has 7 heteroatoms. The maximum atomic E-state index is 12.4. The smallest absolute Gasteiger partial charge is 0.312 e. The number of ether oxygens (including phenoxy) is 1. The Morgan fingerprint density at radius 1 is 0.970 bits per heavy atom. The summed E-state index contributed by atoms with van der Waals surface area (Å²) in [6, 6.07) is 22.4. The summed E-state index contributed by atoms with van der Waals surface area (Å²) in [5.41, 5.74) is 2.58. The molecule has 6 nitrogen and oxygen atoms in total. The van der Waals surface area contributed by atoms with Crippen molar-refractivity contribution in [2.24, 2.45) is 0 Å². The molecule has 3 aromatic rings. The van der Waals surface area contributed by atoms with Crippen LogP contribution in [0.4, 0.5) is 0 Å². The van der Waals surface area contributed by atoms with E-state index >= 15 is 0 Å². The first-order valence-electron chi connectivity index (χ1n) is 10.1. The molecule has 1 aliphatic rings. The summed E-state index contributed by atoms with van der Waals surface area (Å²) in [4.78, 5) is 38.0. The number of carbonyl (C=O) groups is 3. The van der Waals surface area contributed by atoms with Crippen molar-refractivity contribution in [2.45, 2.75) is 6.42 Å². The number of fused-ring (bicyclic) bond motifs is 1. The van der Waals surface area contributed by atoms with Crippen molar-refractivity contribution in [3.63, 3.8) is 0 Å². The molecule has 0 aromatic heterocycles. The molecule has 0 aliphatic carbocycles. The van der Waals surface area contributed by atoms with Crippen LogP contribution in [-0.4, -0.2) is 29.2 Å². The van der Waals surface area contributed by atoms with Gasteiger partial charge >= 0.3 is 5.97 Å². The molecule has 3 aromatic carbocycles. The lowest BCUT2D eigenvalue weighted by Gasteiger charge is -2.13. The third-order valence-electron chi connectivity index (χ3n) is 5.10. The van der Waals surface area contributed by atoms with Crippen molar-refractivity contribution in [3.05, 3.63) is 100 Å². The summed E-state index contributed by atoms with van der Waals surface area (Å²) in [6.45, 7) is -0.0584. The standard InChI is InChI=1S/C26H17ClN2O4/c27-20-5-3-4-18(15-20)19(16-28)14-17-8-10-21(11-9-17)33-24(30)12-13-29-25(31)22-6-1-2-7-23(22)26(29)32/h1-11,14-15H,12-13H2/b19-14-. The monoisotopic (exact) mass is 456 g/mol. The van der Waals surface area contributed by atoms with Gasteiger partial charge in [-0.1, -0.05) is 48.0 Å². The van der Waals surface area contributed by atoms with E-state index in [9.17, 15) is 19.6 Å². The molecule has 0 spiro atoms. The lowest BCUT2D eigenvalue weighted by Crippen LogP contribution is -2.32. The molecule has 1 heterocycles. The molecule has 33 heavy (non-hydrogen) atoms. The zero-order valence-electron chi connectivity index (χ0n) is 17.3. The van der Waals surface area contributed by atoms with Crippen LogP contribution in [-0.2, 0) is 4.79 Å². The van der Waals surface area contributed by atoms with Gasteiger partial charge in [-0.2, -0.15) is 5.26 Å². The Morgan fingerprint density at radius 3 is 2.24 bits per heavy atom. The van der Waals surface area contributed by atoms with Crippen LogP contribution >= 0.6 is 11.6 Å². The summed E-state index contributed by atoms with van der Waals surface area (Å²) in [5, 5.41) is 10.0. The zero-order valence-corrected chi connectivity index (χ0v) is 18.1. The molecule has 2 amide bonds. The van der Waals surface area contributed by atoms with E-state index in [1.165, 1.54) is 0 Å². The Labute approximate surface area is 195 Å². The third kappa shape index (κ3) is 4.84. The first-order valence-corrected chi connectivity index (χ1v) is 10.5. The number of allylic oxidation sites excluding steroid dienone is 1. The second-order valence-corrected chi connectivity index (χ2v) is 7.72. The van der Waals surface area contributed by atoms with E-state index in [1.807, 2.05) is 0 Å². The van der Waals surface area contributed by atoms with E-state index in [0.717, 1.165) is 10.5 Å². The summed E-state index contributed by atoms with van der Waals surface area (Å²) in [7, 11) is 0. The topological polar surface area (TPSA) is 87.5 Å². The Kier molecular flexibility index (Phi) is 6.34. The van der Waals surface area contributed by atoms with Crippen LogP contribution in [0.1, 0.15) is 38.3 Å². The molecule has 0 saturated heterocycles. The maximum absolute atomic E-state index is 12.4. The highest BCUT2D eigenvalue weighted by Crippen LogP contribution is 2.24. The molecule has 162 valence electrons. The van der Waals surface area contributed by atoms with Gasteiger partial charge in [0, 0.05) is 11.6 Å². The van der Waals surface area contributed by atoms with Crippen molar-refractivity contribution in [1.82, 2.24) is 4.90 Å². The quantitative estimate of drug-likeness (QED) is 0.171. The number of hydrogen-bond acceptors (Lipinski definition) is 5. The zero-order chi connectivity index (χ0) is 23.4. The van der Waals surface area contributed by atoms with E-state index in [4.69, 9.17) is 16.3 Å². The molecule has 0 atom stereocenters. The minimum Gasteiger partial charge on any atom is -0.426 e. The van der Waals surface area contributed by atoms with Crippen LogP contribution in [0.15, 0.2) is 72.8 Å². The number of imide groups is 1. The van der Waals surface area contributed by atoms with E-state index in [-0.39, 0.29) is 13.0 Å². The number of amides is 2. The molecule has 0 bridgehead atoms. The van der Waals surface area contributed by atoms with E-state index in [0.29, 0.717) is 33.0 Å². The molecule has 0 radical (unpaired) electrons. The van der Waals surface area contributed by atoms with Crippen LogP contribution in [0.5, 0.6) is 5.75 Å². The van der Waals surface area contributed by atoms with E-state index in [2.05, 4.69) is 6.07 Å². The van der Waals surface area contributed by atoms with Gasteiger partial charge < -0.3 is 4.74 Å². The van der Waals surface area contributed by atoms with Crippen molar-refractivity contribution in [3.8, 4) is 11.8 Å². The Hall–Kier alpha value is -4.21. The van der Waals surface area contributed by atoms with Crippen LogP contribution in [0.25, 0.3) is 11.6 Å². The van der Waals surface area contributed by atoms with Gasteiger partial charge in [0.15, 0.2) is 0 Å². The average Bonchev–Trinajstić information content (AvgIpc) is 3.07. The summed E-state index contributed by atoms with van der Waals surface area (Å²) < 4.78 is 5.32. The number of carbonyl (C=O) groups excluding carboxylic acids is 3. The fourth-order valence-corrected chi connectivity index (χ4v) is 3.65. The lowest BCUT2D eigenvalue weighted by molar-refractivity contribution is -0.134. The van der Waals surface area contributed by atoms with Gasteiger partial charge in [-0.05, 0) is 53.6 Å². The van der Waals surface area contributed by atoms with Gasteiger partial charge in [-0.25, -0.2) is 0 Å². The molecular formula is C26H17ClN2O4. The maximum Gasteiger partial charge on any atom is 0.312 e. The number of halogens is 1. The van der Waals surface area contributed by atoms with Crippen molar-refractivity contribution in [2.75, 3.05) is 6.54 Å². The largest absolute Gasteiger partial charge is 0.426 e. The van der Waals surface area contributed by atoms with Crippen molar-refractivity contribution < 1.29 is 19.1 Å². The minimum absolute atomic E-state index is 0.0584. The van der Waals surface area contributed by atoms with Crippen LogP contribution in [0.2, 0.25) is 5.02 Å². The molecule has 1 aliphatic heterocycles. The first-order chi connectivity index (χ1) is 16.0. The highest BCUT2D eigenvalue weighted by molar-refractivity contribution is 6.30. The van der Waals surface area contributed by atoms with E-state index < -0.39 is 17.8 Å². The Balaban J connectivity index is 1.36. The fraction of sp³-hybridized carbons (Fsp3) is 0.0769. The number of nitriles is 1. The molecule has 0 saturated carbocycles. The van der Waals surface area contributed by atoms with Crippen LogP contribution in [0, 0.1) is 11.3 Å². The van der Waals surface area contributed by atoms with Gasteiger partial charge in [0.25, 0.3) is 11.8 Å². The average molecular weight is 457 g/mol. The predicted molar refractivity (Wildman–Crippen MR) is 123 cm³/mol. The normalized spacial score (nSPS) is 13.0. The molecule has 0 N–H and O–H groups in total. The minimum atomic E-state index is -0.563. The second kappa shape index (κ2) is 9.51. The molecule has 0 unspecified atom stereocenters. The summed E-state index contributed by atoms with van der Waals surface area (Å²) in [5.74, 6) is -1.06. The molecule has 0 fully saturated rings. The van der Waals surface area contributed by atoms with E-state index in [1.54, 1.807) is 78.9 Å². The third-order valence-corrected chi connectivity index (χ3v) is 5.33. The predicted octanol–water partition coefficient (Wildman–Crippen LogP) is 5.00. The SMILES string of the molecule is N#C/C(=C/c1ccc(OC(=O)CCN2C(=O)c3ccccc3C2=O)cc1)c1cccc(Cl)c1. The Morgan fingerprint density at radius 2 is 1.64 bits per heavy atom. The van der Waals surface area contributed by atoms with Gasteiger partial charge in [0.2, 0.25) is 0 Å². The number of benzene rings is 3. The number of esters is 1. The molecule has 4 rings (SSSR count). The van der Waals surface area contributed by atoms with Gasteiger partial charge in [0.05, 0.1) is 29.2 Å².